The highest BCUT2D eigenvalue weighted by molar-refractivity contribution is 6.33. The maximum atomic E-state index is 13.6. The van der Waals surface area contributed by atoms with E-state index in [-0.39, 0.29) is 11.6 Å². The molecule has 0 saturated carbocycles. The zero-order valence-corrected chi connectivity index (χ0v) is 20.0. The van der Waals surface area contributed by atoms with Crippen LogP contribution in [-0.2, 0) is 5.41 Å². The van der Waals surface area contributed by atoms with Gasteiger partial charge in [0, 0.05) is 37.3 Å². The van der Waals surface area contributed by atoms with Gasteiger partial charge < -0.3 is 4.90 Å². The van der Waals surface area contributed by atoms with E-state index in [1.54, 1.807) is 12.1 Å². The Hall–Kier alpha value is -2.95. The number of hydrogen-bond acceptors (Lipinski definition) is 4. The minimum atomic E-state index is -1.09. The summed E-state index contributed by atoms with van der Waals surface area (Å²) < 4.78 is 0. The predicted molar refractivity (Wildman–Crippen MR) is 137 cm³/mol. The van der Waals surface area contributed by atoms with Gasteiger partial charge in [-0.25, -0.2) is 0 Å². The smallest absolute Gasteiger partial charge is 0.181 e. The van der Waals surface area contributed by atoms with Gasteiger partial charge in [0.05, 0.1) is 10.7 Å². The summed E-state index contributed by atoms with van der Waals surface area (Å²) in [5.41, 5.74) is 1.95. The second kappa shape index (κ2) is 9.73. The van der Waals surface area contributed by atoms with Crippen molar-refractivity contribution in [2.24, 2.45) is 0 Å². The molecule has 1 aliphatic carbocycles. The van der Waals surface area contributed by atoms with E-state index in [9.17, 15) is 9.59 Å². The third-order valence-electron chi connectivity index (χ3n) is 7.30. The molecule has 174 valence electrons. The number of halogens is 1. The molecule has 0 N–H and O–H groups in total. The first-order chi connectivity index (χ1) is 16.6. The van der Waals surface area contributed by atoms with Crippen LogP contribution in [0.25, 0.3) is 0 Å². The Balaban J connectivity index is 1.22. The van der Waals surface area contributed by atoms with E-state index in [0.29, 0.717) is 17.5 Å². The van der Waals surface area contributed by atoms with Crippen molar-refractivity contribution >= 4 is 28.9 Å². The molecule has 5 heteroatoms. The minimum absolute atomic E-state index is 0.0485. The van der Waals surface area contributed by atoms with Gasteiger partial charge in [-0.1, -0.05) is 84.8 Å². The maximum absolute atomic E-state index is 13.6. The topological polar surface area (TPSA) is 40.6 Å². The molecule has 3 aromatic carbocycles. The van der Waals surface area contributed by atoms with Crippen LogP contribution in [0.3, 0.4) is 0 Å². The van der Waals surface area contributed by atoms with Gasteiger partial charge in [0.15, 0.2) is 11.6 Å². The van der Waals surface area contributed by atoms with Crippen LogP contribution in [0.2, 0.25) is 5.02 Å². The Morgan fingerprint density at radius 2 is 1.29 bits per heavy atom. The number of anilines is 1. The van der Waals surface area contributed by atoms with E-state index in [1.807, 2.05) is 60.7 Å². The van der Waals surface area contributed by atoms with Gasteiger partial charge in [0.25, 0.3) is 0 Å². The van der Waals surface area contributed by atoms with Gasteiger partial charge in [-0.3, -0.25) is 14.5 Å². The summed E-state index contributed by atoms with van der Waals surface area (Å²) >= 11 is 6.37. The van der Waals surface area contributed by atoms with E-state index in [0.717, 1.165) is 61.8 Å². The number of rotatable bonds is 7. The van der Waals surface area contributed by atoms with Gasteiger partial charge >= 0.3 is 0 Å². The number of hydrogen-bond donors (Lipinski definition) is 0. The first-order valence-electron chi connectivity index (χ1n) is 12.1. The molecule has 1 aliphatic heterocycles. The lowest BCUT2D eigenvalue weighted by molar-refractivity contribution is 0.0779. The number of fused-ring (bicyclic) bond motifs is 1. The SMILES string of the molecule is O=C1c2ccccc2C(=O)C1(CCCCN1CCN(c2ccccc2Cl)CC1)c1ccccc1. The van der Waals surface area contributed by atoms with Crippen molar-refractivity contribution in [2.45, 2.75) is 24.7 Å². The van der Waals surface area contributed by atoms with E-state index in [4.69, 9.17) is 11.6 Å². The Morgan fingerprint density at radius 1 is 0.706 bits per heavy atom. The molecule has 34 heavy (non-hydrogen) atoms. The number of carbonyl (C=O) groups is 2. The number of benzene rings is 3. The van der Waals surface area contributed by atoms with Crippen LogP contribution < -0.4 is 4.90 Å². The third-order valence-corrected chi connectivity index (χ3v) is 7.62. The quantitative estimate of drug-likeness (QED) is 0.329. The lowest BCUT2D eigenvalue weighted by atomic mass is 9.72. The molecule has 0 radical (unpaired) electrons. The van der Waals surface area contributed by atoms with E-state index in [1.165, 1.54) is 0 Å². The highest BCUT2D eigenvalue weighted by Crippen LogP contribution is 2.43. The minimum Gasteiger partial charge on any atom is -0.368 e. The number of Topliss-reactive ketones (excluding diaryl/α,β-unsaturated/α-hetero) is 2. The largest absolute Gasteiger partial charge is 0.368 e. The Labute approximate surface area is 206 Å². The average Bonchev–Trinajstić information content (AvgIpc) is 3.10. The maximum Gasteiger partial charge on any atom is 0.181 e. The summed E-state index contributed by atoms with van der Waals surface area (Å²) in [5, 5.41) is 0.800. The lowest BCUT2D eigenvalue weighted by Gasteiger charge is -2.36. The average molecular weight is 473 g/mol. The van der Waals surface area contributed by atoms with Crippen molar-refractivity contribution in [3.05, 3.63) is 101 Å². The number of ketones is 2. The second-order valence-electron chi connectivity index (χ2n) is 9.21. The van der Waals surface area contributed by atoms with Crippen molar-refractivity contribution in [3.8, 4) is 0 Å². The van der Waals surface area contributed by atoms with E-state index < -0.39 is 5.41 Å². The van der Waals surface area contributed by atoms with Gasteiger partial charge in [-0.15, -0.1) is 0 Å². The molecule has 0 amide bonds. The van der Waals surface area contributed by atoms with Crippen LogP contribution in [-0.4, -0.2) is 49.2 Å². The number of unbranched alkanes of at least 4 members (excludes halogenated alkanes) is 1. The number of para-hydroxylation sites is 1. The molecule has 0 bridgehead atoms. The van der Waals surface area contributed by atoms with Crippen molar-refractivity contribution in [1.29, 1.82) is 0 Å². The first-order valence-corrected chi connectivity index (χ1v) is 12.4. The molecular formula is C29H29ClN2O2. The van der Waals surface area contributed by atoms with E-state index in [2.05, 4.69) is 15.9 Å². The molecule has 0 unspecified atom stereocenters. The van der Waals surface area contributed by atoms with Crippen molar-refractivity contribution < 1.29 is 9.59 Å². The molecule has 0 atom stereocenters. The Morgan fingerprint density at radius 3 is 1.94 bits per heavy atom. The first kappa shape index (κ1) is 22.8. The van der Waals surface area contributed by atoms with Crippen LogP contribution in [0.5, 0.6) is 0 Å². The zero-order valence-electron chi connectivity index (χ0n) is 19.3. The molecule has 0 spiro atoms. The van der Waals surface area contributed by atoms with Crippen molar-refractivity contribution in [2.75, 3.05) is 37.6 Å². The summed E-state index contributed by atoms with van der Waals surface area (Å²) in [4.78, 5) is 32.0. The molecule has 3 aromatic rings. The highest BCUT2D eigenvalue weighted by atomic mass is 35.5. The summed E-state index contributed by atoms with van der Waals surface area (Å²) in [7, 11) is 0. The summed E-state index contributed by atoms with van der Waals surface area (Å²) in [6.07, 6.45) is 2.33. The van der Waals surface area contributed by atoms with E-state index >= 15 is 0 Å². The van der Waals surface area contributed by atoms with Crippen LogP contribution >= 0.6 is 11.6 Å². The second-order valence-corrected chi connectivity index (χ2v) is 9.62. The fourth-order valence-electron chi connectivity index (χ4n) is 5.44. The lowest BCUT2D eigenvalue weighted by Crippen LogP contribution is -2.46. The predicted octanol–water partition coefficient (Wildman–Crippen LogP) is 5.65. The monoisotopic (exact) mass is 472 g/mol. The van der Waals surface area contributed by atoms with Gasteiger partial charge in [0.1, 0.15) is 5.41 Å². The molecule has 2 aliphatic rings. The van der Waals surface area contributed by atoms with Crippen molar-refractivity contribution in [1.82, 2.24) is 4.90 Å². The molecule has 1 fully saturated rings. The summed E-state index contributed by atoms with van der Waals surface area (Å²) in [5.74, 6) is -0.0969. The van der Waals surface area contributed by atoms with Gasteiger partial charge in [-0.2, -0.15) is 0 Å². The Kier molecular flexibility index (Phi) is 6.53. The fourth-order valence-corrected chi connectivity index (χ4v) is 5.70. The van der Waals surface area contributed by atoms with Crippen LogP contribution in [0.15, 0.2) is 78.9 Å². The standard InChI is InChI=1S/C29H29ClN2O2/c30-25-14-6-7-15-26(25)32-20-18-31(19-21-32)17-9-8-16-29(22-10-2-1-3-11-22)27(33)23-12-4-5-13-24(23)28(29)34/h1-7,10-15H,8-9,16-21H2. The summed E-state index contributed by atoms with van der Waals surface area (Å²) in [6, 6.07) is 24.9. The highest BCUT2D eigenvalue weighted by Gasteiger charge is 2.53. The van der Waals surface area contributed by atoms with Crippen LogP contribution in [0.4, 0.5) is 5.69 Å². The normalized spacial score (nSPS) is 17.7. The molecule has 4 nitrogen and oxygen atoms in total. The van der Waals surface area contributed by atoms with Crippen molar-refractivity contribution in [3.63, 3.8) is 0 Å². The van der Waals surface area contributed by atoms with Crippen LogP contribution in [0.1, 0.15) is 45.5 Å². The molecule has 1 heterocycles. The third kappa shape index (κ3) is 4.06. The van der Waals surface area contributed by atoms with Crippen LogP contribution in [0, 0.1) is 0 Å². The summed E-state index contributed by atoms with van der Waals surface area (Å²) in [6.45, 7) is 4.83. The fraction of sp³-hybridized carbons (Fsp3) is 0.310. The molecule has 1 saturated heterocycles. The van der Waals surface area contributed by atoms with Gasteiger partial charge in [-0.05, 0) is 37.1 Å². The Bertz CT molecular complexity index is 1150. The van der Waals surface area contributed by atoms with Gasteiger partial charge in [0.2, 0.25) is 0 Å². The molecule has 0 aromatic heterocycles. The molecular weight excluding hydrogens is 444 g/mol. The number of nitrogens with zero attached hydrogens (tertiary/aromatic N) is 2. The molecule has 5 rings (SSSR count). The number of piperazine rings is 1. The zero-order chi connectivity index (χ0) is 23.5. The number of carbonyl (C=O) groups excluding carboxylic acids is 2.